The van der Waals surface area contributed by atoms with E-state index in [4.69, 9.17) is 0 Å². The number of benzene rings is 1. The zero-order chi connectivity index (χ0) is 14.7. The highest BCUT2D eigenvalue weighted by molar-refractivity contribution is 9.10. The minimum Gasteiger partial charge on any atom is -0.373 e. The Kier molecular flexibility index (Phi) is 4.34. The molecule has 1 aromatic heterocycles. The van der Waals surface area contributed by atoms with E-state index in [0.717, 1.165) is 5.56 Å². The molecule has 20 heavy (non-hydrogen) atoms. The molecule has 0 fully saturated rings. The van der Waals surface area contributed by atoms with Crippen molar-refractivity contribution < 1.29 is 9.18 Å². The van der Waals surface area contributed by atoms with Gasteiger partial charge >= 0.3 is 0 Å². The summed E-state index contributed by atoms with van der Waals surface area (Å²) in [6, 6.07) is 6.13. The van der Waals surface area contributed by atoms with E-state index in [-0.39, 0.29) is 5.91 Å². The second-order valence-corrected chi connectivity index (χ2v) is 5.07. The highest BCUT2D eigenvalue weighted by Gasteiger charge is 2.11. The zero-order valence-corrected chi connectivity index (χ0v) is 12.6. The topological polar surface area (TPSA) is 54.0 Å². The summed E-state index contributed by atoms with van der Waals surface area (Å²) in [6.45, 7) is 1.80. The van der Waals surface area contributed by atoms with Gasteiger partial charge in [-0.1, -0.05) is 0 Å². The van der Waals surface area contributed by atoms with Crippen molar-refractivity contribution in [2.75, 3.05) is 17.7 Å². The molecule has 0 spiro atoms. The van der Waals surface area contributed by atoms with E-state index in [1.54, 1.807) is 32.2 Å². The Morgan fingerprint density at radius 3 is 2.80 bits per heavy atom. The van der Waals surface area contributed by atoms with Gasteiger partial charge in [-0.15, -0.1) is 0 Å². The fourth-order valence-electron chi connectivity index (χ4n) is 1.68. The monoisotopic (exact) mass is 337 g/mol. The molecule has 0 aliphatic heterocycles. The normalized spacial score (nSPS) is 10.2. The Morgan fingerprint density at radius 1 is 1.35 bits per heavy atom. The molecule has 0 aliphatic rings. The Hall–Kier alpha value is -1.95. The van der Waals surface area contributed by atoms with Crippen LogP contribution in [0.5, 0.6) is 0 Å². The Labute approximate surface area is 124 Å². The van der Waals surface area contributed by atoms with Crippen molar-refractivity contribution in [2.45, 2.75) is 6.92 Å². The van der Waals surface area contributed by atoms with Gasteiger partial charge in [0.2, 0.25) is 0 Å². The molecule has 1 aromatic carbocycles. The van der Waals surface area contributed by atoms with E-state index < -0.39 is 5.82 Å². The third kappa shape index (κ3) is 3.14. The van der Waals surface area contributed by atoms with Gasteiger partial charge in [0.15, 0.2) is 0 Å². The van der Waals surface area contributed by atoms with Gasteiger partial charge in [0.1, 0.15) is 11.6 Å². The van der Waals surface area contributed by atoms with Crippen LogP contribution in [-0.2, 0) is 0 Å². The van der Waals surface area contributed by atoms with Gasteiger partial charge < -0.3 is 10.6 Å². The Bertz CT molecular complexity index is 661. The lowest BCUT2D eigenvalue weighted by Gasteiger charge is -2.10. The average molecular weight is 338 g/mol. The average Bonchev–Trinajstić information content (AvgIpc) is 2.44. The summed E-state index contributed by atoms with van der Waals surface area (Å²) in [5.41, 5.74) is 1.67. The van der Waals surface area contributed by atoms with E-state index >= 15 is 0 Å². The first kappa shape index (κ1) is 14.5. The quantitative estimate of drug-likeness (QED) is 0.899. The maximum Gasteiger partial charge on any atom is 0.255 e. The smallest absolute Gasteiger partial charge is 0.255 e. The van der Waals surface area contributed by atoms with Crippen molar-refractivity contribution in [2.24, 2.45) is 0 Å². The van der Waals surface area contributed by atoms with Crippen LogP contribution in [0.1, 0.15) is 15.9 Å². The SMILES string of the molecule is CNc1cc(C(=O)Nc2cc(F)c(Br)cc2C)ccn1. The molecule has 0 bridgehead atoms. The number of halogens is 2. The van der Waals surface area contributed by atoms with Crippen molar-refractivity contribution in [1.29, 1.82) is 0 Å². The first-order valence-corrected chi connectivity index (χ1v) is 6.71. The standard InChI is InChI=1S/C14H13BrFN3O/c1-8-5-10(15)11(16)7-12(8)19-14(20)9-3-4-18-13(6-9)17-2/h3-7H,1-2H3,(H,17,18)(H,19,20). The largest absolute Gasteiger partial charge is 0.373 e. The molecule has 4 nitrogen and oxygen atoms in total. The minimum absolute atomic E-state index is 0.311. The van der Waals surface area contributed by atoms with Gasteiger partial charge in [-0.2, -0.15) is 0 Å². The van der Waals surface area contributed by atoms with Crippen LogP contribution in [0.15, 0.2) is 34.9 Å². The lowest BCUT2D eigenvalue weighted by molar-refractivity contribution is 0.102. The summed E-state index contributed by atoms with van der Waals surface area (Å²) in [7, 11) is 1.72. The fraction of sp³-hybridized carbons (Fsp3) is 0.143. The van der Waals surface area contributed by atoms with Crippen molar-refractivity contribution in [3.8, 4) is 0 Å². The van der Waals surface area contributed by atoms with Crippen LogP contribution in [0.3, 0.4) is 0 Å². The molecule has 0 unspecified atom stereocenters. The summed E-state index contributed by atoms with van der Waals surface area (Å²) in [6.07, 6.45) is 1.54. The first-order valence-electron chi connectivity index (χ1n) is 5.92. The number of aryl methyl sites for hydroxylation is 1. The molecule has 0 aliphatic carbocycles. The number of pyridine rings is 1. The van der Waals surface area contributed by atoms with Crippen molar-refractivity contribution in [1.82, 2.24) is 4.98 Å². The molecular formula is C14H13BrFN3O. The van der Waals surface area contributed by atoms with Crippen LogP contribution in [0, 0.1) is 12.7 Å². The maximum atomic E-state index is 13.5. The predicted octanol–water partition coefficient (Wildman–Crippen LogP) is 3.59. The van der Waals surface area contributed by atoms with Gasteiger partial charge in [-0.25, -0.2) is 9.37 Å². The number of amides is 1. The van der Waals surface area contributed by atoms with Crippen LogP contribution in [0.25, 0.3) is 0 Å². The number of carbonyl (C=O) groups is 1. The third-order valence-corrected chi connectivity index (χ3v) is 3.40. The van der Waals surface area contributed by atoms with Crippen LogP contribution in [0.2, 0.25) is 0 Å². The number of rotatable bonds is 3. The molecule has 2 aromatic rings. The summed E-state index contributed by atoms with van der Waals surface area (Å²) in [5, 5.41) is 5.55. The van der Waals surface area contributed by atoms with Gasteiger partial charge in [-0.05, 0) is 52.7 Å². The molecule has 0 saturated heterocycles. The predicted molar refractivity (Wildman–Crippen MR) is 80.6 cm³/mol. The molecule has 104 valence electrons. The molecular weight excluding hydrogens is 325 g/mol. The first-order chi connectivity index (χ1) is 9.51. The van der Waals surface area contributed by atoms with E-state index in [2.05, 4.69) is 31.5 Å². The van der Waals surface area contributed by atoms with Crippen LogP contribution < -0.4 is 10.6 Å². The molecule has 6 heteroatoms. The summed E-state index contributed by atoms with van der Waals surface area (Å²) < 4.78 is 13.9. The van der Waals surface area contributed by atoms with Crippen molar-refractivity contribution >= 4 is 33.3 Å². The number of hydrogen-bond donors (Lipinski definition) is 2. The number of hydrogen-bond acceptors (Lipinski definition) is 3. The van der Waals surface area contributed by atoms with Crippen LogP contribution in [0.4, 0.5) is 15.9 Å². The zero-order valence-electron chi connectivity index (χ0n) is 11.0. The lowest BCUT2D eigenvalue weighted by atomic mass is 10.1. The minimum atomic E-state index is -0.420. The Balaban J connectivity index is 2.25. The van der Waals surface area contributed by atoms with E-state index in [1.165, 1.54) is 12.3 Å². The molecule has 0 atom stereocenters. The number of aromatic nitrogens is 1. The molecule has 1 heterocycles. The number of nitrogens with zero attached hydrogens (tertiary/aromatic N) is 1. The van der Waals surface area contributed by atoms with E-state index in [1.807, 2.05) is 0 Å². The van der Waals surface area contributed by atoms with Crippen LogP contribution in [-0.4, -0.2) is 17.9 Å². The molecule has 2 N–H and O–H groups in total. The third-order valence-electron chi connectivity index (χ3n) is 2.79. The number of carbonyl (C=O) groups excluding carboxylic acids is 1. The highest BCUT2D eigenvalue weighted by atomic mass is 79.9. The van der Waals surface area contributed by atoms with Gasteiger partial charge in [-0.3, -0.25) is 4.79 Å². The maximum absolute atomic E-state index is 13.5. The van der Waals surface area contributed by atoms with Gasteiger partial charge in [0.25, 0.3) is 5.91 Å². The van der Waals surface area contributed by atoms with Gasteiger partial charge in [0, 0.05) is 24.5 Å². The number of anilines is 2. The van der Waals surface area contributed by atoms with E-state index in [9.17, 15) is 9.18 Å². The summed E-state index contributed by atoms with van der Waals surface area (Å²) in [4.78, 5) is 16.2. The molecule has 2 rings (SSSR count). The second-order valence-electron chi connectivity index (χ2n) is 4.22. The van der Waals surface area contributed by atoms with Crippen molar-refractivity contribution in [3.63, 3.8) is 0 Å². The fourth-order valence-corrected chi connectivity index (χ4v) is 2.14. The Morgan fingerprint density at radius 2 is 2.10 bits per heavy atom. The van der Waals surface area contributed by atoms with E-state index in [0.29, 0.717) is 21.5 Å². The number of nitrogens with one attached hydrogen (secondary N) is 2. The molecule has 1 amide bonds. The second kappa shape index (κ2) is 6.00. The van der Waals surface area contributed by atoms with Crippen LogP contribution >= 0.6 is 15.9 Å². The highest BCUT2D eigenvalue weighted by Crippen LogP contribution is 2.24. The molecule has 0 radical (unpaired) electrons. The summed E-state index contributed by atoms with van der Waals surface area (Å²) in [5.74, 6) is -0.137. The summed E-state index contributed by atoms with van der Waals surface area (Å²) >= 11 is 3.11. The van der Waals surface area contributed by atoms with Gasteiger partial charge in [0.05, 0.1) is 4.47 Å². The lowest BCUT2D eigenvalue weighted by Crippen LogP contribution is -2.13. The molecule has 0 saturated carbocycles. The van der Waals surface area contributed by atoms with Crippen molar-refractivity contribution in [3.05, 3.63) is 51.9 Å².